The summed E-state index contributed by atoms with van der Waals surface area (Å²) < 4.78 is 21.2. The average Bonchev–Trinajstić information content (AvgIpc) is 3.00. The van der Waals surface area contributed by atoms with Crippen molar-refractivity contribution in [2.24, 2.45) is 4.99 Å². The van der Waals surface area contributed by atoms with Crippen LogP contribution < -0.4 is 4.80 Å². The van der Waals surface area contributed by atoms with Crippen molar-refractivity contribution in [1.82, 2.24) is 4.57 Å². The number of nitrogens with zero attached hydrogens (tertiary/aromatic N) is 3. The first kappa shape index (κ1) is 18.5. The Morgan fingerprint density at radius 3 is 2.67 bits per heavy atom. The van der Waals surface area contributed by atoms with Crippen LogP contribution in [0.2, 0.25) is 0 Å². The lowest BCUT2D eigenvalue weighted by atomic mass is 10.1. The molecule has 0 aliphatic rings. The summed E-state index contributed by atoms with van der Waals surface area (Å²) in [6.45, 7) is 1.61. The van der Waals surface area contributed by atoms with E-state index >= 15 is 0 Å². The number of hydrogen-bond donors (Lipinski definition) is 0. The average molecular weight is 383 g/mol. The van der Waals surface area contributed by atoms with E-state index in [1.54, 1.807) is 19.1 Å². The van der Waals surface area contributed by atoms with Crippen molar-refractivity contribution in [3.05, 3.63) is 64.2 Å². The van der Waals surface area contributed by atoms with Gasteiger partial charge >= 0.3 is 5.97 Å². The van der Waals surface area contributed by atoms with E-state index < -0.39 is 17.7 Å². The van der Waals surface area contributed by atoms with Gasteiger partial charge in [0.1, 0.15) is 12.4 Å². The van der Waals surface area contributed by atoms with Gasteiger partial charge in [-0.05, 0) is 43.3 Å². The van der Waals surface area contributed by atoms with Crippen LogP contribution in [0.4, 0.5) is 4.39 Å². The van der Waals surface area contributed by atoms with Crippen molar-refractivity contribution < 1.29 is 18.7 Å². The Morgan fingerprint density at radius 1 is 1.26 bits per heavy atom. The zero-order chi connectivity index (χ0) is 19.4. The van der Waals surface area contributed by atoms with Gasteiger partial charge in [0.25, 0.3) is 5.91 Å². The second kappa shape index (κ2) is 7.93. The Labute approximate surface area is 157 Å². The second-order valence-electron chi connectivity index (χ2n) is 5.47. The first-order valence-corrected chi connectivity index (χ1v) is 8.88. The molecule has 1 amide bonds. The maximum Gasteiger partial charge on any atom is 0.326 e. The fourth-order valence-electron chi connectivity index (χ4n) is 2.49. The van der Waals surface area contributed by atoms with Crippen molar-refractivity contribution in [1.29, 1.82) is 5.26 Å². The molecule has 0 aliphatic carbocycles. The van der Waals surface area contributed by atoms with Crippen LogP contribution in [0.15, 0.2) is 47.5 Å². The Bertz CT molecular complexity index is 1120. The van der Waals surface area contributed by atoms with Crippen molar-refractivity contribution in [3.8, 4) is 6.07 Å². The molecule has 0 saturated carbocycles. The molecule has 0 unspecified atom stereocenters. The fraction of sp³-hybridized carbons (Fsp3) is 0.158. The van der Waals surface area contributed by atoms with Gasteiger partial charge in [-0.15, -0.1) is 0 Å². The molecule has 3 aromatic rings. The van der Waals surface area contributed by atoms with Crippen molar-refractivity contribution in [2.45, 2.75) is 13.5 Å². The Morgan fingerprint density at radius 2 is 2.00 bits per heavy atom. The smallest absolute Gasteiger partial charge is 0.326 e. The number of halogens is 1. The highest BCUT2D eigenvalue weighted by Gasteiger charge is 2.15. The Kier molecular flexibility index (Phi) is 5.43. The first-order valence-electron chi connectivity index (χ1n) is 8.06. The summed E-state index contributed by atoms with van der Waals surface area (Å²) in [6.07, 6.45) is 0. The number of ether oxygens (including phenoxy) is 1. The van der Waals surface area contributed by atoms with Gasteiger partial charge in [0.15, 0.2) is 4.80 Å². The molecule has 1 heterocycles. The topological polar surface area (TPSA) is 84.5 Å². The second-order valence-corrected chi connectivity index (χ2v) is 6.48. The molecule has 0 bridgehead atoms. The fourth-order valence-corrected chi connectivity index (χ4v) is 3.54. The monoisotopic (exact) mass is 383 g/mol. The molecule has 136 valence electrons. The van der Waals surface area contributed by atoms with E-state index in [1.807, 2.05) is 6.07 Å². The van der Waals surface area contributed by atoms with Gasteiger partial charge in [-0.3, -0.25) is 9.59 Å². The van der Waals surface area contributed by atoms with Gasteiger partial charge in [-0.1, -0.05) is 17.4 Å². The van der Waals surface area contributed by atoms with Crippen LogP contribution in [0.25, 0.3) is 10.2 Å². The van der Waals surface area contributed by atoms with Crippen LogP contribution in [-0.2, 0) is 16.1 Å². The number of rotatable bonds is 4. The number of fused-ring (bicyclic) bond motifs is 1. The van der Waals surface area contributed by atoms with E-state index in [2.05, 4.69) is 4.99 Å². The number of carbonyl (C=O) groups excluding carboxylic acids is 2. The zero-order valence-corrected chi connectivity index (χ0v) is 15.1. The van der Waals surface area contributed by atoms with Gasteiger partial charge < -0.3 is 9.30 Å². The van der Waals surface area contributed by atoms with E-state index in [-0.39, 0.29) is 29.0 Å². The molecule has 1 aromatic heterocycles. The summed E-state index contributed by atoms with van der Waals surface area (Å²) in [4.78, 5) is 28.7. The van der Waals surface area contributed by atoms with E-state index in [1.165, 1.54) is 34.9 Å². The van der Waals surface area contributed by atoms with E-state index in [0.717, 1.165) is 11.3 Å². The molecule has 8 heteroatoms. The Balaban J connectivity index is 2.10. The van der Waals surface area contributed by atoms with Crippen LogP contribution in [0.1, 0.15) is 22.8 Å². The molecule has 3 rings (SSSR count). The molecule has 0 fully saturated rings. The highest BCUT2D eigenvalue weighted by molar-refractivity contribution is 7.16. The number of carbonyl (C=O) groups is 2. The zero-order valence-electron chi connectivity index (χ0n) is 14.3. The predicted octanol–water partition coefficient (Wildman–Crippen LogP) is 3.02. The summed E-state index contributed by atoms with van der Waals surface area (Å²) >= 11 is 1.10. The number of nitriles is 1. The molecule has 6 nitrogen and oxygen atoms in total. The van der Waals surface area contributed by atoms with Gasteiger partial charge in [0.2, 0.25) is 0 Å². The van der Waals surface area contributed by atoms with Gasteiger partial charge in [0.05, 0.1) is 28.5 Å². The normalized spacial score (nSPS) is 11.4. The molecular weight excluding hydrogens is 369 g/mol. The number of hydrogen-bond acceptors (Lipinski definition) is 5. The van der Waals surface area contributed by atoms with Crippen LogP contribution >= 0.6 is 11.3 Å². The summed E-state index contributed by atoms with van der Waals surface area (Å²) in [5, 5.41) is 8.83. The molecule has 2 aromatic carbocycles. The minimum atomic E-state index is -0.552. The molecule has 0 N–H and O–H groups in total. The maximum absolute atomic E-state index is 14.3. The third kappa shape index (κ3) is 3.93. The molecule has 0 spiro atoms. The van der Waals surface area contributed by atoms with Crippen LogP contribution in [-0.4, -0.2) is 23.1 Å². The first-order chi connectivity index (χ1) is 13.0. The number of esters is 1. The van der Waals surface area contributed by atoms with Gasteiger partial charge in [-0.25, -0.2) is 4.39 Å². The molecular formula is C19H14FN3O3S. The summed E-state index contributed by atoms with van der Waals surface area (Å²) in [7, 11) is 0. The van der Waals surface area contributed by atoms with Gasteiger partial charge in [-0.2, -0.15) is 10.3 Å². The summed E-state index contributed by atoms with van der Waals surface area (Å²) in [6, 6.07) is 12.5. The number of para-hydroxylation sites is 1. The van der Waals surface area contributed by atoms with Crippen molar-refractivity contribution >= 4 is 33.4 Å². The predicted molar refractivity (Wildman–Crippen MR) is 97.5 cm³/mol. The van der Waals surface area contributed by atoms with E-state index in [0.29, 0.717) is 10.3 Å². The highest BCUT2D eigenvalue weighted by Crippen LogP contribution is 2.20. The Hall–Kier alpha value is -3.31. The van der Waals surface area contributed by atoms with Gasteiger partial charge in [0, 0.05) is 5.56 Å². The van der Waals surface area contributed by atoms with E-state index in [9.17, 15) is 14.0 Å². The number of aromatic nitrogens is 1. The number of thiazole rings is 1. The van der Waals surface area contributed by atoms with Crippen LogP contribution in [0.3, 0.4) is 0 Å². The lowest BCUT2D eigenvalue weighted by Crippen LogP contribution is -2.23. The highest BCUT2D eigenvalue weighted by atomic mass is 32.1. The lowest BCUT2D eigenvalue weighted by molar-refractivity contribution is -0.143. The molecule has 0 atom stereocenters. The molecule has 0 saturated heterocycles. The maximum atomic E-state index is 14.3. The van der Waals surface area contributed by atoms with Crippen molar-refractivity contribution in [3.63, 3.8) is 0 Å². The molecule has 27 heavy (non-hydrogen) atoms. The molecule has 0 radical (unpaired) electrons. The minimum Gasteiger partial charge on any atom is -0.465 e. The summed E-state index contributed by atoms with van der Waals surface area (Å²) in [5.74, 6) is -1.61. The number of amides is 1. The van der Waals surface area contributed by atoms with Crippen LogP contribution in [0, 0.1) is 17.1 Å². The lowest BCUT2D eigenvalue weighted by Gasteiger charge is -2.05. The SMILES string of the molecule is CCOC(=O)Cn1c(=NC(=O)c2ccc(C#N)cc2)sc2cccc(F)c21. The molecule has 0 aliphatic heterocycles. The third-order valence-electron chi connectivity index (χ3n) is 3.70. The summed E-state index contributed by atoms with van der Waals surface area (Å²) in [5.41, 5.74) is 0.907. The number of benzene rings is 2. The standard InChI is InChI=1S/C19H14FN3O3S/c1-2-26-16(24)11-23-17-14(20)4-3-5-15(17)27-19(23)22-18(25)13-8-6-12(10-21)7-9-13/h3-9H,2,11H2,1H3. The largest absolute Gasteiger partial charge is 0.465 e. The minimum absolute atomic E-state index is 0.192. The van der Waals surface area contributed by atoms with E-state index in [4.69, 9.17) is 10.00 Å². The quantitative estimate of drug-likeness (QED) is 0.648. The third-order valence-corrected chi connectivity index (χ3v) is 4.75. The van der Waals surface area contributed by atoms with Crippen LogP contribution in [0.5, 0.6) is 0 Å². The van der Waals surface area contributed by atoms with Crippen molar-refractivity contribution in [2.75, 3.05) is 6.61 Å².